The SMILES string of the molecule is CC(C)C(=O)NCC1CCCN(Cc2nc(-c3ccc(F)cc3)no2)C1. The van der Waals surface area contributed by atoms with Crippen LogP contribution < -0.4 is 5.32 Å². The van der Waals surface area contributed by atoms with Crippen LogP contribution in [0.4, 0.5) is 4.39 Å². The van der Waals surface area contributed by atoms with Gasteiger partial charge in [-0.2, -0.15) is 4.98 Å². The summed E-state index contributed by atoms with van der Waals surface area (Å²) in [5.41, 5.74) is 0.731. The molecule has 1 unspecified atom stereocenters. The molecule has 7 heteroatoms. The predicted molar refractivity (Wildman–Crippen MR) is 95.5 cm³/mol. The van der Waals surface area contributed by atoms with Gasteiger partial charge in [-0.3, -0.25) is 9.69 Å². The van der Waals surface area contributed by atoms with Crippen LogP contribution in [-0.2, 0) is 11.3 Å². The van der Waals surface area contributed by atoms with Gasteiger partial charge in [-0.25, -0.2) is 4.39 Å². The Kier molecular flexibility index (Phi) is 5.98. The van der Waals surface area contributed by atoms with E-state index in [-0.39, 0.29) is 17.6 Å². The van der Waals surface area contributed by atoms with Crippen LogP contribution >= 0.6 is 0 Å². The third kappa shape index (κ3) is 4.88. The molecule has 0 saturated carbocycles. The van der Waals surface area contributed by atoms with Crippen LogP contribution in [0, 0.1) is 17.7 Å². The topological polar surface area (TPSA) is 71.3 Å². The van der Waals surface area contributed by atoms with Crippen LogP contribution in [0.25, 0.3) is 11.4 Å². The van der Waals surface area contributed by atoms with Gasteiger partial charge in [0.15, 0.2) is 0 Å². The Morgan fingerprint density at radius 2 is 2.15 bits per heavy atom. The van der Waals surface area contributed by atoms with Crippen molar-refractivity contribution in [3.05, 3.63) is 36.0 Å². The van der Waals surface area contributed by atoms with Crippen molar-refractivity contribution >= 4 is 5.91 Å². The van der Waals surface area contributed by atoms with Crippen molar-refractivity contribution in [2.45, 2.75) is 33.2 Å². The van der Waals surface area contributed by atoms with Gasteiger partial charge >= 0.3 is 0 Å². The highest BCUT2D eigenvalue weighted by atomic mass is 19.1. The summed E-state index contributed by atoms with van der Waals surface area (Å²) in [7, 11) is 0. The van der Waals surface area contributed by atoms with Gasteiger partial charge in [0.05, 0.1) is 6.54 Å². The molecule has 1 aliphatic rings. The molecule has 2 heterocycles. The van der Waals surface area contributed by atoms with E-state index in [2.05, 4.69) is 20.4 Å². The van der Waals surface area contributed by atoms with Crippen molar-refractivity contribution < 1.29 is 13.7 Å². The fourth-order valence-corrected chi connectivity index (χ4v) is 3.14. The Morgan fingerprint density at radius 1 is 1.38 bits per heavy atom. The highest BCUT2D eigenvalue weighted by Gasteiger charge is 2.22. The molecule has 1 aliphatic heterocycles. The number of likely N-dealkylation sites (tertiary alicyclic amines) is 1. The normalized spacial score (nSPS) is 18.2. The van der Waals surface area contributed by atoms with E-state index in [1.165, 1.54) is 12.1 Å². The summed E-state index contributed by atoms with van der Waals surface area (Å²) in [5.74, 6) is 1.28. The summed E-state index contributed by atoms with van der Waals surface area (Å²) < 4.78 is 18.4. The van der Waals surface area contributed by atoms with Crippen LogP contribution in [-0.4, -0.2) is 40.6 Å². The van der Waals surface area contributed by atoms with Crippen molar-refractivity contribution in [2.24, 2.45) is 11.8 Å². The number of nitrogens with zero attached hydrogens (tertiary/aromatic N) is 3. The zero-order valence-corrected chi connectivity index (χ0v) is 15.2. The van der Waals surface area contributed by atoms with Crippen LogP contribution in [0.2, 0.25) is 0 Å². The third-order valence-corrected chi connectivity index (χ3v) is 4.62. The zero-order valence-electron chi connectivity index (χ0n) is 15.2. The van der Waals surface area contributed by atoms with Crippen molar-refractivity contribution in [1.82, 2.24) is 20.4 Å². The van der Waals surface area contributed by atoms with E-state index in [9.17, 15) is 9.18 Å². The summed E-state index contributed by atoms with van der Waals surface area (Å²) in [6, 6.07) is 6.04. The van der Waals surface area contributed by atoms with Crippen LogP contribution in [0.15, 0.2) is 28.8 Å². The van der Waals surface area contributed by atoms with Crippen LogP contribution in [0.1, 0.15) is 32.6 Å². The molecule has 1 aromatic heterocycles. The van der Waals surface area contributed by atoms with Crippen molar-refractivity contribution in [3.8, 4) is 11.4 Å². The van der Waals surface area contributed by atoms with Gasteiger partial charge in [-0.1, -0.05) is 19.0 Å². The number of benzene rings is 1. The maximum atomic E-state index is 13.0. The Morgan fingerprint density at radius 3 is 2.88 bits per heavy atom. The molecule has 1 fully saturated rings. The number of aromatic nitrogens is 2. The molecule has 26 heavy (non-hydrogen) atoms. The lowest BCUT2D eigenvalue weighted by atomic mass is 9.98. The first-order valence-electron chi connectivity index (χ1n) is 9.10. The second kappa shape index (κ2) is 8.40. The molecule has 1 aromatic carbocycles. The van der Waals surface area contributed by atoms with Gasteiger partial charge in [0.25, 0.3) is 0 Å². The Hall–Kier alpha value is -2.28. The van der Waals surface area contributed by atoms with E-state index in [0.29, 0.717) is 30.7 Å². The third-order valence-electron chi connectivity index (χ3n) is 4.62. The lowest BCUT2D eigenvalue weighted by molar-refractivity contribution is -0.124. The van der Waals surface area contributed by atoms with Crippen molar-refractivity contribution in [1.29, 1.82) is 0 Å². The number of hydrogen-bond acceptors (Lipinski definition) is 5. The number of halogens is 1. The lowest BCUT2D eigenvalue weighted by Crippen LogP contribution is -2.41. The minimum Gasteiger partial charge on any atom is -0.356 e. The monoisotopic (exact) mass is 360 g/mol. The van der Waals surface area contributed by atoms with E-state index in [0.717, 1.165) is 31.5 Å². The van der Waals surface area contributed by atoms with Gasteiger partial charge in [-0.15, -0.1) is 0 Å². The number of rotatable bonds is 6. The second-order valence-electron chi connectivity index (χ2n) is 7.16. The molecular formula is C19H25FN4O2. The first-order valence-corrected chi connectivity index (χ1v) is 9.10. The number of nitrogens with one attached hydrogen (secondary N) is 1. The summed E-state index contributed by atoms with van der Waals surface area (Å²) in [6.45, 7) is 6.96. The van der Waals surface area contributed by atoms with Gasteiger partial charge in [0, 0.05) is 24.6 Å². The van der Waals surface area contributed by atoms with Crippen LogP contribution in [0.3, 0.4) is 0 Å². The van der Waals surface area contributed by atoms with Crippen LogP contribution in [0.5, 0.6) is 0 Å². The zero-order chi connectivity index (χ0) is 18.5. The Labute approximate surface area is 152 Å². The number of piperidine rings is 1. The first-order chi connectivity index (χ1) is 12.5. The minimum atomic E-state index is -0.290. The van der Waals surface area contributed by atoms with E-state index >= 15 is 0 Å². The Bertz CT molecular complexity index is 729. The molecule has 1 amide bonds. The molecule has 140 valence electrons. The van der Waals surface area contributed by atoms with Crippen molar-refractivity contribution in [2.75, 3.05) is 19.6 Å². The summed E-state index contributed by atoms with van der Waals surface area (Å²) in [6.07, 6.45) is 2.20. The van der Waals surface area contributed by atoms with E-state index in [4.69, 9.17) is 4.52 Å². The average Bonchev–Trinajstić information content (AvgIpc) is 3.09. The van der Waals surface area contributed by atoms with E-state index in [1.807, 2.05) is 13.8 Å². The summed E-state index contributed by atoms with van der Waals surface area (Å²) in [5, 5.41) is 7.01. The molecule has 0 bridgehead atoms. The molecule has 3 rings (SSSR count). The number of carbonyl (C=O) groups excluding carboxylic acids is 1. The molecular weight excluding hydrogens is 335 g/mol. The average molecular weight is 360 g/mol. The van der Waals surface area contributed by atoms with Gasteiger partial charge in [-0.05, 0) is 49.6 Å². The highest BCUT2D eigenvalue weighted by molar-refractivity contribution is 5.77. The highest BCUT2D eigenvalue weighted by Crippen LogP contribution is 2.20. The lowest BCUT2D eigenvalue weighted by Gasteiger charge is -2.31. The minimum absolute atomic E-state index is 0.0120. The first kappa shape index (κ1) is 18.5. The van der Waals surface area contributed by atoms with Gasteiger partial charge in [0.2, 0.25) is 17.6 Å². The summed E-state index contributed by atoms with van der Waals surface area (Å²) in [4.78, 5) is 18.4. The standard InChI is InChI=1S/C19H25FN4O2/c1-13(2)19(25)21-10-14-4-3-9-24(11-14)12-17-22-18(23-26-17)15-5-7-16(20)8-6-15/h5-8,13-14H,3-4,9-12H2,1-2H3,(H,21,25). The number of hydrogen-bond donors (Lipinski definition) is 1. The smallest absolute Gasteiger partial charge is 0.241 e. The fourth-order valence-electron chi connectivity index (χ4n) is 3.14. The molecule has 6 nitrogen and oxygen atoms in total. The largest absolute Gasteiger partial charge is 0.356 e. The van der Waals surface area contributed by atoms with Gasteiger partial charge < -0.3 is 9.84 Å². The molecule has 0 radical (unpaired) electrons. The molecule has 1 N–H and O–H groups in total. The maximum absolute atomic E-state index is 13.0. The second-order valence-corrected chi connectivity index (χ2v) is 7.16. The predicted octanol–water partition coefficient (Wildman–Crippen LogP) is 2.86. The maximum Gasteiger partial charge on any atom is 0.241 e. The molecule has 1 saturated heterocycles. The van der Waals surface area contributed by atoms with Gasteiger partial charge in [0.1, 0.15) is 5.82 Å². The summed E-state index contributed by atoms with van der Waals surface area (Å²) >= 11 is 0. The molecule has 0 spiro atoms. The van der Waals surface area contributed by atoms with Crippen molar-refractivity contribution in [3.63, 3.8) is 0 Å². The number of amides is 1. The molecule has 1 atom stereocenters. The fraction of sp³-hybridized carbons (Fsp3) is 0.526. The number of carbonyl (C=O) groups is 1. The molecule has 0 aliphatic carbocycles. The van der Waals surface area contributed by atoms with E-state index < -0.39 is 0 Å². The van der Waals surface area contributed by atoms with E-state index in [1.54, 1.807) is 12.1 Å². The Balaban J connectivity index is 1.54. The quantitative estimate of drug-likeness (QED) is 0.858. The molecule has 2 aromatic rings.